The molecule has 2 heterocycles. The third kappa shape index (κ3) is 2.36. The second-order valence-corrected chi connectivity index (χ2v) is 5.91. The summed E-state index contributed by atoms with van der Waals surface area (Å²) >= 11 is 0. The number of aliphatic carboxylic acids is 1. The summed E-state index contributed by atoms with van der Waals surface area (Å²) in [5.41, 5.74) is 3.84. The fourth-order valence-corrected chi connectivity index (χ4v) is 3.11. The predicted octanol–water partition coefficient (Wildman–Crippen LogP) is 2.67. The number of rotatable bonds is 3. The van der Waals surface area contributed by atoms with Crippen molar-refractivity contribution in [3.8, 4) is 0 Å². The van der Waals surface area contributed by atoms with Crippen molar-refractivity contribution >= 4 is 22.8 Å². The molecule has 22 heavy (non-hydrogen) atoms. The van der Waals surface area contributed by atoms with Gasteiger partial charge in [-0.1, -0.05) is 12.1 Å². The molecule has 0 radical (unpaired) electrons. The van der Waals surface area contributed by atoms with E-state index >= 15 is 0 Å². The molecular formula is C17H19NO4. The van der Waals surface area contributed by atoms with Crippen LogP contribution in [0.2, 0.25) is 0 Å². The number of carbonyl (C=O) groups excluding carboxylic acids is 1. The molecule has 1 atom stereocenters. The van der Waals surface area contributed by atoms with E-state index in [-0.39, 0.29) is 12.3 Å². The van der Waals surface area contributed by atoms with E-state index in [2.05, 4.69) is 0 Å². The van der Waals surface area contributed by atoms with E-state index in [9.17, 15) is 14.7 Å². The minimum absolute atomic E-state index is 0.147. The molecule has 1 aliphatic rings. The van der Waals surface area contributed by atoms with Gasteiger partial charge in [-0.3, -0.25) is 4.79 Å². The number of benzene rings is 1. The standard InChI is InChI=1S/C17H19NO4/c1-10-5-6-13-12(9-22-16(13)11(10)2)8-15(19)18-7-3-4-14(18)17(20)21/h5-6,9,14H,3-4,7-8H2,1-2H3,(H,20,21). The van der Waals surface area contributed by atoms with Gasteiger partial charge in [0, 0.05) is 17.5 Å². The van der Waals surface area contributed by atoms with Crippen LogP contribution in [0.5, 0.6) is 0 Å². The van der Waals surface area contributed by atoms with Gasteiger partial charge in [-0.05, 0) is 37.8 Å². The molecule has 116 valence electrons. The molecule has 5 nitrogen and oxygen atoms in total. The van der Waals surface area contributed by atoms with Crippen molar-refractivity contribution in [2.24, 2.45) is 0 Å². The number of hydrogen-bond acceptors (Lipinski definition) is 3. The molecule has 0 aliphatic carbocycles. The Balaban J connectivity index is 1.86. The summed E-state index contributed by atoms with van der Waals surface area (Å²) in [6.07, 6.45) is 3.07. The molecule has 1 aromatic heterocycles. The third-order valence-corrected chi connectivity index (χ3v) is 4.54. The summed E-state index contributed by atoms with van der Waals surface area (Å²) in [6.45, 7) is 4.53. The first kappa shape index (κ1) is 14.6. The highest BCUT2D eigenvalue weighted by molar-refractivity contribution is 5.91. The maximum atomic E-state index is 12.4. The molecule has 0 saturated carbocycles. The molecule has 3 rings (SSSR count). The highest BCUT2D eigenvalue weighted by atomic mass is 16.4. The Labute approximate surface area is 128 Å². The summed E-state index contributed by atoms with van der Waals surface area (Å²) in [5.74, 6) is -1.07. The smallest absolute Gasteiger partial charge is 0.326 e. The molecule has 0 bridgehead atoms. The lowest BCUT2D eigenvalue weighted by molar-refractivity contribution is -0.147. The quantitative estimate of drug-likeness (QED) is 0.946. The number of hydrogen-bond donors (Lipinski definition) is 1. The molecule has 1 unspecified atom stereocenters. The van der Waals surface area contributed by atoms with Crippen LogP contribution in [0, 0.1) is 13.8 Å². The molecule has 2 aromatic rings. The Morgan fingerprint density at radius 3 is 2.86 bits per heavy atom. The van der Waals surface area contributed by atoms with Gasteiger partial charge in [0.15, 0.2) is 0 Å². The summed E-state index contributed by atoms with van der Waals surface area (Å²) < 4.78 is 5.61. The first-order valence-corrected chi connectivity index (χ1v) is 7.47. The van der Waals surface area contributed by atoms with Crippen molar-refractivity contribution in [3.63, 3.8) is 0 Å². The van der Waals surface area contributed by atoms with Crippen molar-refractivity contribution in [2.75, 3.05) is 6.54 Å². The predicted molar refractivity (Wildman–Crippen MR) is 81.8 cm³/mol. The van der Waals surface area contributed by atoms with Crippen LogP contribution in [0.3, 0.4) is 0 Å². The molecule has 1 N–H and O–H groups in total. The van der Waals surface area contributed by atoms with E-state index in [0.717, 1.165) is 34.1 Å². The van der Waals surface area contributed by atoms with Crippen molar-refractivity contribution in [1.82, 2.24) is 4.90 Å². The fourth-order valence-electron chi connectivity index (χ4n) is 3.11. The van der Waals surface area contributed by atoms with E-state index in [1.807, 2.05) is 26.0 Å². The molecule has 1 fully saturated rings. The maximum Gasteiger partial charge on any atom is 0.326 e. The van der Waals surface area contributed by atoms with Crippen molar-refractivity contribution in [1.29, 1.82) is 0 Å². The van der Waals surface area contributed by atoms with E-state index in [1.165, 1.54) is 4.90 Å². The van der Waals surface area contributed by atoms with Gasteiger partial charge in [0.05, 0.1) is 12.7 Å². The number of furan rings is 1. The third-order valence-electron chi connectivity index (χ3n) is 4.54. The van der Waals surface area contributed by atoms with Crippen molar-refractivity contribution in [3.05, 3.63) is 35.1 Å². The van der Waals surface area contributed by atoms with E-state index in [0.29, 0.717) is 13.0 Å². The van der Waals surface area contributed by atoms with Crippen LogP contribution in [0.15, 0.2) is 22.8 Å². The number of carboxylic acids is 1. The summed E-state index contributed by atoms with van der Waals surface area (Å²) in [5, 5.41) is 10.1. The Hall–Kier alpha value is -2.30. The van der Waals surface area contributed by atoms with Gasteiger partial charge < -0.3 is 14.4 Å². The molecule has 0 spiro atoms. The lowest BCUT2D eigenvalue weighted by Gasteiger charge is -2.21. The molecule has 5 heteroatoms. The number of carboxylic acid groups (broad SMARTS) is 1. The monoisotopic (exact) mass is 301 g/mol. The van der Waals surface area contributed by atoms with Gasteiger partial charge >= 0.3 is 5.97 Å². The Kier molecular flexibility index (Phi) is 3.64. The average molecular weight is 301 g/mol. The molecule has 1 saturated heterocycles. The first-order valence-electron chi connectivity index (χ1n) is 7.47. The normalized spacial score (nSPS) is 18.1. The number of fused-ring (bicyclic) bond motifs is 1. The average Bonchev–Trinajstić information content (AvgIpc) is 3.10. The molecule has 1 aliphatic heterocycles. The Bertz CT molecular complexity index is 746. The maximum absolute atomic E-state index is 12.4. The van der Waals surface area contributed by atoms with Crippen molar-refractivity contribution < 1.29 is 19.1 Å². The van der Waals surface area contributed by atoms with Gasteiger partial charge in [-0.25, -0.2) is 4.79 Å². The van der Waals surface area contributed by atoms with Crippen LogP contribution in [0.1, 0.15) is 29.5 Å². The first-order chi connectivity index (χ1) is 10.5. The highest BCUT2D eigenvalue weighted by Crippen LogP contribution is 2.28. The molecular weight excluding hydrogens is 282 g/mol. The molecule has 1 amide bonds. The highest BCUT2D eigenvalue weighted by Gasteiger charge is 2.34. The minimum atomic E-state index is -0.922. The zero-order chi connectivity index (χ0) is 15.9. The van der Waals surface area contributed by atoms with Gasteiger partial charge in [-0.2, -0.15) is 0 Å². The van der Waals surface area contributed by atoms with Gasteiger partial charge in [0.2, 0.25) is 5.91 Å². The van der Waals surface area contributed by atoms with Crippen LogP contribution >= 0.6 is 0 Å². The zero-order valence-electron chi connectivity index (χ0n) is 12.8. The fraction of sp³-hybridized carbons (Fsp3) is 0.412. The topological polar surface area (TPSA) is 70.8 Å². The summed E-state index contributed by atoms with van der Waals surface area (Å²) in [6, 6.07) is 3.29. The van der Waals surface area contributed by atoms with Crippen LogP contribution < -0.4 is 0 Å². The number of likely N-dealkylation sites (tertiary alicyclic amines) is 1. The second kappa shape index (κ2) is 5.48. The SMILES string of the molecule is Cc1ccc2c(CC(=O)N3CCCC3C(=O)O)coc2c1C. The number of carbonyl (C=O) groups is 2. The lowest BCUT2D eigenvalue weighted by atomic mass is 10.0. The van der Waals surface area contributed by atoms with Crippen LogP contribution in [0.4, 0.5) is 0 Å². The number of aryl methyl sites for hydroxylation is 2. The largest absolute Gasteiger partial charge is 0.480 e. The number of amides is 1. The van der Waals surface area contributed by atoms with Gasteiger partial charge in [0.1, 0.15) is 11.6 Å². The Morgan fingerprint density at radius 1 is 1.36 bits per heavy atom. The van der Waals surface area contributed by atoms with Crippen LogP contribution in [-0.2, 0) is 16.0 Å². The van der Waals surface area contributed by atoms with Crippen LogP contribution in [-0.4, -0.2) is 34.5 Å². The van der Waals surface area contributed by atoms with Gasteiger partial charge in [-0.15, -0.1) is 0 Å². The van der Waals surface area contributed by atoms with E-state index < -0.39 is 12.0 Å². The zero-order valence-corrected chi connectivity index (χ0v) is 12.8. The lowest BCUT2D eigenvalue weighted by Crippen LogP contribution is -2.41. The van der Waals surface area contributed by atoms with Gasteiger partial charge in [0.25, 0.3) is 0 Å². The van der Waals surface area contributed by atoms with E-state index in [4.69, 9.17) is 4.42 Å². The summed E-state index contributed by atoms with van der Waals surface area (Å²) in [4.78, 5) is 25.1. The number of nitrogens with zero attached hydrogens (tertiary/aromatic N) is 1. The minimum Gasteiger partial charge on any atom is -0.480 e. The molecule has 1 aromatic carbocycles. The second-order valence-electron chi connectivity index (χ2n) is 5.91. The Morgan fingerprint density at radius 2 is 2.14 bits per heavy atom. The van der Waals surface area contributed by atoms with E-state index in [1.54, 1.807) is 6.26 Å². The van der Waals surface area contributed by atoms with Crippen molar-refractivity contribution in [2.45, 2.75) is 39.2 Å². The summed E-state index contributed by atoms with van der Waals surface area (Å²) in [7, 11) is 0. The van der Waals surface area contributed by atoms with Crippen LogP contribution in [0.25, 0.3) is 11.0 Å².